The van der Waals surface area contributed by atoms with Gasteiger partial charge in [-0.3, -0.25) is 0 Å². The van der Waals surface area contributed by atoms with Crippen molar-refractivity contribution in [1.29, 1.82) is 0 Å². The zero-order valence-electron chi connectivity index (χ0n) is 8.47. The van der Waals surface area contributed by atoms with E-state index in [1.54, 1.807) is 12.1 Å². The average molecular weight is 300 g/mol. The summed E-state index contributed by atoms with van der Waals surface area (Å²) >= 11 is 3.01. The first-order valence-electron chi connectivity index (χ1n) is 4.64. The minimum atomic E-state index is -1.15. The van der Waals surface area contributed by atoms with Gasteiger partial charge in [0.05, 0.1) is 6.54 Å². The fraction of sp³-hybridized carbons (Fsp3) is 0.100. The quantitative estimate of drug-likeness (QED) is 0.940. The summed E-state index contributed by atoms with van der Waals surface area (Å²) in [6, 6.07) is 5.83. The molecule has 0 unspecified atom stereocenters. The second-order valence-corrected chi connectivity index (χ2v) is 4.05. The van der Waals surface area contributed by atoms with Gasteiger partial charge in [0.15, 0.2) is 4.60 Å². The Balaban J connectivity index is 2.22. The highest BCUT2D eigenvalue weighted by Gasteiger charge is 2.15. The lowest BCUT2D eigenvalue weighted by Gasteiger charge is -1.99. The molecule has 0 atom stereocenters. The summed E-state index contributed by atoms with van der Waals surface area (Å²) in [4.78, 5) is 12.0. The van der Waals surface area contributed by atoms with Crippen molar-refractivity contribution in [1.82, 2.24) is 15.0 Å². The van der Waals surface area contributed by atoms with Crippen LogP contribution >= 0.6 is 15.9 Å². The molecule has 0 fully saturated rings. The number of benzene rings is 1. The molecule has 0 aliphatic rings. The van der Waals surface area contributed by atoms with E-state index in [0.717, 1.165) is 5.56 Å². The Kier molecular flexibility index (Phi) is 3.19. The van der Waals surface area contributed by atoms with E-state index in [9.17, 15) is 9.18 Å². The number of nitrogens with zero attached hydrogens (tertiary/aromatic N) is 3. The molecule has 0 bridgehead atoms. The standard InChI is InChI=1S/C10H7BrFN3O2/c11-9-8(10(16)17)13-15(14-9)5-6-1-3-7(12)4-2-6/h1-4H,5H2,(H,16,17). The Hall–Kier alpha value is -1.76. The molecule has 17 heavy (non-hydrogen) atoms. The zero-order valence-corrected chi connectivity index (χ0v) is 10.1. The molecule has 0 amide bonds. The van der Waals surface area contributed by atoms with Gasteiger partial charge in [0.25, 0.3) is 0 Å². The van der Waals surface area contributed by atoms with Crippen LogP contribution in [0.3, 0.4) is 0 Å². The number of carboxylic acids is 1. The number of aromatic carboxylic acids is 1. The van der Waals surface area contributed by atoms with Gasteiger partial charge >= 0.3 is 5.97 Å². The third kappa shape index (κ3) is 2.68. The van der Waals surface area contributed by atoms with Crippen molar-refractivity contribution in [2.75, 3.05) is 0 Å². The zero-order chi connectivity index (χ0) is 12.4. The van der Waals surface area contributed by atoms with E-state index in [-0.39, 0.29) is 22.7 Å². The molecule has 0 spiro atoms. The number of carbonyl (C=O) groups is 1. The molecule has 0 saturated carbocycles. The summed E-state index contributed by atoms with van der Waals surface area (Å²) in [5, 5.41) is 16.5. The Bertz CT molecular complexity index is 553. The van der Waals surface area contributed by atoms with Crippen LogP contribution in [0.5, 0.6) is 0 Å². The van der Waals surface area contributed by atoms with E-state index < -0.39 is 5.97 Å². The molecule has 1 heterocycles. The number of rotatable bonds is 3. The van der Waals surface area contributed by atoms with E-state index >= 15 is 0 Å². The predicted molar refractivity (Wildman–Crippen MR) is 60.2 cm³/mol. The van der Waals surface area contributed by atoms with Crippen LogP contribution in [-0.4, -0.2) is 26.1 Å². The second kappa shape index (κ2) is 4.62. The first kappa shape index (κ1) is 11.7. The van der Waals surface area contributed by atoms with Gasteiger partial charge in [-0.2, -0.15) is 4.80 Å². The second-order valence-electron chi connectivity index (χ2n) is 3.30. The molecule has 0 aliphatic carbocycles. The molecular weight excluding hydrogens is 293 g/mol. The predicted octanol–water partition coefficient (Wildman–Crippen LogP) is 1.93. The molecule has 1 aromatic heterocycles. The third-order valence-corrected chi connectivity index (χ3v) is 2.59. The maximum Gasteiger partial charge on any atom is 0.359 e. The van der Waals surface area contributed by atoms with Gasteiger partial charge in [0, 0.05) is 0 Å². The molecule has 0 saturated heterocycles. The fourth-order valence-corrected chi connectivity index (χ4v) is 1.71. The highest BCUT2D eigenvalue weighted by molar-refractivity contribution is 9.10. The summed E-state index contributed by atoms with van der Waals surface area (Å²) < 4.78 is 12.8. The van der Waals surface area contributed by atoms with Crippen molar-refractivity contribution in [3.63, 3.8) is 0 Å². The molecule has 88 valence electrons. The molecule has 0 radical (unpaired) electrons. The van der Waals surface area contributed by atoms with Crippen LogP contribution < -0.4 is 0 Å². The Morgan fingerprint density at radius 2 is 2.00 bits per heavy atom. The van der Waals surface area contributed by atoms with Crippen molar-refractivity contribution in [2.45, 2.75) is 6.54 Å². The first-order valence-corrected chi connectivity index (χ1v) is 5.44. The summed E-state index contributed by atoms with van der Waals surface area (Å²) in [6.45, 7) is 0.284. The van der Waals surface area contributed by atoms with Crippen molar-refractivity contribution in [2.24, 2.45) is 0 Å². The highest BCUT2D eigenvalue weighted by Crippen LogP contribution is 2.12. The lowest BCUT2D eigenvalue weighted by atomic mass is 10.2. The molecule has 5 nitrogen and oxygen atoms in total. The molecule has 2 aromatic rings. The number of aromatic nitrogens is 3. The maximum atomic E-state index is 12.7. The molecular formula is C10H7BrFN3O2. The van der Waals surface area contributed by atoms with Gasteiger partial charge in [-0.25, -0.2) is 9.18 Å². The topological polar surface area (TPSA) is 68.0 Å². The van der Waals surface area contributed by atoms with Crippen molar-refractivity contribution in [3.05, 3.63) is 45.9 Å². The fourth-order valence-electron chi connectivity index (χ4n) is 1.28. The molecule has 0 aliphatic heterocycles. The monoisotopic (exact) mass is 299 g/mol. The first-order chi connectivity index (χ1) is 8.06. The van der Waals surface area contributed by atoms with Gasteiger partial charge in [-0.05, 0) is 33.6 Å². The molecule has 1 aromatic carbocycles. The Morgan fingerprint density at radius 1 is 1.35 bits per heavy atom. The summed E-state index contributed by atoms with van der Waals surface area (Å²) in [7, 11) is 0. The molecule has 1 N–H and O–H groups in total. The lowest BCUT2D eigenvalue weighted by Crippen LogP contribution is -2.05. The van der Waals surface area contributed by atoms with Crippen LogP contribution in [0.15, 0.2) is 28.9 Å². The largest absolute Gasteiger partial charge is 0.476 e. The number of hydrogen-bond acceptors (Lipinski definition) is 3. The van der Waals surface area contributed by atoms with Crippen LogP contribution in [0.4, 0.5) is 4.39 Å². The smallest absolute Gasteiger partial charge is 0.359 e. The van der Waals surface area contributed by atoms with Gasteiger partial charge < -0.3 is 5.11 Å². The van der Waals surface area contributed by atoms with Crippen LogP contribution in [-0.2, 0) is 6.54 Å². The van der Waals surface area contributed by atoms with Crippen molar-refractivity contribution < 1.29 is 14.3 Å². The molecule has 2 rings (SSSR count). The SMILES string of the molecule is O=C(O)c1nn(Cc2ccc(F)cc2)nc1Br. The highest BCUT2D eigenvalue weighted by atomic mass is 79.9. The maximum absolute atomic E-state index is 12.7. The minimum absolute atomic E-state index is 0.146. The lowest BCUT2D eigenvalue weighted by molar-refractivity contribution is 0.0688. The molecule has 7 heteroatoms. The van der Waals surface area contributed by atoms with E-state index in [2.05, 4.69) is 26.1 Å². The Morgan fingerprint density at radius 3 is 2.53 bits per heavy atom. The van der Waals surface area contributed by atoms with E-state index in [1.165, 1.54) is 16.9 Å². The van der Waals surface area contributed by atoms with Gasteiger partial charge in [-0.15, -0.1) is 10.2 Å². The van der Waals surface area contributed by atoms with Crippen LogP contribution in [0.1, 0.15) is 16.1 Å². The van der Waals surface area contributed by atoms with E-state index in [1.807, 2.05) is 0 Å². The summed E-state index contributed by atoms with van der Waals surface area (Å²) in [6.07, 6.45) is 0. The van der Waals surface area contributed by atoms with Crippen LogP contribution in [0, 0.1) is 5.82 Å². The summed E-state index contributed by atoms with van der Waals surface area (Å²) in [5.41, 5.74) is 0.637. The van der Waals surface area contributed by atoms with Crippen LogP contribution in [0.25, 0.3) is 0 Å². The van der Waals surface area contributed by atoms with Crippen molar-refractivity contribution >= 4 is 21.9 Å². The normalized spacial score (nSPS) is 10.5. The van der Waals surface area contributed by atoms with Crippen LogP contribution in [0.2, 0.25) is 0 Å². The summed E-state index contributed by atoms with van der Waals surface area (Å²) in [5.74, 6) is -1.48. The number of halogens is 2. The average Bonchev–Trinajstić information content (AvgIpc) is 2.63. The van der Waals surface area contributed by atoms with Crippen molar-refractivity contribution in [3.8, 4) is 0 Å². The van der Waals surface area contributed by atoms with Gasteiger partial charge in [0.2, 0.25) is 5.69 Å². The number of hydrogen-bond donors (Lipinski definition) is 1. The van der Waals surface area contributed by atoms with E-state index in [0.29, 0.717) is 0 Å². The minimum Gasteiger partial charge on any atom is -0.476 e. The Labute approximate surface area is 104 Å². The number of carboxylic acid groups (broad SMARTS) is 1. The van der Waals surface area contributed by atoms with E-state index in [4.69, 9.17) is 5.11 Å². The van der Waals surface area contributed by atoms with Gasteiger partial charge in [-0.1, -0.05) is 12.1 Å². The van der Waals surface area contributed by atoms with Gasteiger partial charge in [0.1, 0.15) is 5.82 Å². The third-order valence-electron chi connectivity index (χ3n) is 2.05.